The highest BCUT2D eigenvalue weighted by Gasteiger charge is 2.30. The van der Waals surface area contributed by atoms with E-state index in [1.807, 2.05) is 18.2 Å². The van der Waals surface area contributed by atoms with Crippen LogP contribution in [0.4, 0.5) is 22.3 Å². The Kier molecular flexibility index (Phi) is 2.63. The van der Waals surface area contributed by atoms with Gasteiger partial charge in [-0.1, -0.05) is 18.2 Å². The van der Waals surface area contributed by atoms with Crippen molar-refractivity contribution in [2.24, 2.45) is 0 Å². The Morgan fingerprint density at radius 1 is 0.850 bits per heavy atom. The van der Waals surface area contributed by atoms with Gasteiger partial charge in [0.15, 0.2) is 11.6 Å². The van der Waals surface area contributed by atoms with Crippen LogP contribution in [0.5, 0.6) is 0 Å². The fourth-order valence-corrected chi connectivity index (χ4v) is 3.11. The first-order chi connectivity index (χ1) is 9.93. The van der Waals surface area contributed by atoms with Crippen molar-refractivity contribution in [3.05, 3.63) is 60.2 Å². The SMILES string of the molecule is c1ccc(N2CN(c3cccs3)c3nccnc32)cc1. The molecule has 5 heteroatoms. The molecule has 4 nitrogen and oxygen atoms in total. The van der Waals surface area contributed by atoms with Crippen LogP contribution in [-0.4, -0.2) is 16.6 Å². The van der Waals surface area contributed by atoms with Crippen molar-refractivity contribution in [3.63, 3.8) is 0 Å². The van der Waals surface area contributed by atoms with Gasteiger partial charge in [-0.05, 0) is 29.6 Å². The van der Waals surface area contributed by atoms with E-state index in [1.165, 1.54) is 5.00 Å². The van der Waals surface area contributed by atoms with Gasteiger partial charge in [-0.3, -0.25) is 4.90 Å². The molecule has 1 aromatic carbocycles. The third kappa shape index (κ3) is 1.75. The molecule has 2 aromatic heterocycles. The van der Waals surface area contributed by atoms with Gasteiger partial charge in [0, 0.05) is 18.1 Å². The largest absolute Gasteiger partial charge is 0.305 e. The predicted octanol–water partition coefficient (Wildman–Crippen LogP) is 3.79. The summed E-state index contributed by atoms with van der Waals surface area (Å²) in [4.78, 5) is 13.4. The molecule has 0 fully saturated rings. The second-order valence-electron chi connectivity index (χ2n) is 4.49. The van der Waals surface area contributed by atoms with Crippen LogP contribution < -0.4 is 9.80 Å². The molecule has 0 radical (unpaired) electrons. The number of aromatic nitrogens is 2. The Hall–Kier alpha value is -2.40. The monoisotopic (exact) mass is 280 g/mol. The average Bonchev–Trinajstić information content (AvgIpc) is 3.15. The molecule has 20 heavy (non-hydrogen) atoms. The number of nitrogens with zero attached hydrogens (tertiary/aromatic N) is 4. The Bertz CT molecular complexity index is 712. The summed E-state index contributed by atoms with van der Waals surface area (Å²) in [5, 5.41) is 3.27. The Morgan fingerprint density at radius 2 is 1.60 bits per heavy atom. The van der Waals surface area contributed by atoms with Gasteiger partial charge < -0.3 is 4.90 Å². The number of hydrogen-bond acceptors (Lipinski definition) is 5. The first-order valence-corrected chi connectivity index (χ1v) is 7.26. The van der Waals surface area contributed by atoms with Gasteiger partial charge in [-0.15, -0.1) is 11.3 Å². The van der Waals surface area contributed by atoms with Gasteiger partial charge in [0.1, 0.15) is 6.67 Å². The van der Waals surface area contributed by atoms with Crippen LogP contribution in [0.1, 0.15) is 0 Å². The third-order valence-corrected chi connectivity index (χ3v) is 4.19. The summed E-state index contributed by atoms with van der Waals surface area (Å²) in [7, 11) is 0. The Morgan fingerprint density at radius 3 is 2.30 bits per heavy atom. The van der Waals surface area contributed by atoms with E-state index in [2.05, 4.69) is 49.4 Å². The molecule has 0 atom stereocenters. The lowest BCUT2D eigenvalue weighted by atomic mass is 10.3. The number of para-hydroxylation sites is 1. The van der Waals surface area contributed by atoms with Gasteiger partial charge in [-0.2, -0.15) is 0 Å². The number of benzene rings is 1. The second-order valence-corrected chi connectivity index (χ2v) is 5.41. The van der Waals surface area contributed by atoms with Gasteiger partial charge >= 0.3 is 0 Å². The molecule has 1 aliphatic rings. The maximum absolute atomic E-state index is 4.50. The van der Waals surface area contributed by atoms with Gasteiger partial charge in [0.25, 0.3) is 0 Å². The summed E-state index contributed by atoms with van der Waals surface area (Å²) < 4.78 is 0. The smallest absolute Gasteiger partial charge is 0.179 e. The van der Waals surface area contributed by atoms with Crippen LogP contribution in [0.2, 0.25) is 0 Å². The highest BCUT2D eigenvalue weighted by molar-refractivity contribution is 7.14. The summed E-state index contributed by atoms with van der Waals surface area (Å²) in [6, 6.07) is 14.5. The summed E-state index contributed by atoms with van der Waals surface area (Å²) >= 11 is 1.71. The molecule has 0 unspecified atom stereocenters. The quantitative estimate of drug-likeness (QED) is 0.715. The molecule has 0 spiro atoms. The van der Waals surface area contributed by atoms with E-state index < -0.39 is 0 Å². The molecule has 4 rings (SSSR count). The molecule has 0 bridgehead atoms. The van der Waals surface area contributed by atoms with Crippen LogP contribution in [0.25, 0.3) is 0 Å². The summed E-state index contributed by atoms with van der Waals surface area (Å²) in [6.45, 7) is 0.740. The molecular weight excluding hydrogens is 268 g/mol. The van der Waals surface area contributed by atoms with Crippen molar-refractivity contribution in [2.75, 3.05) is 16.5 Å². The van der Waals surface area contributed by atoms with Gasteiger partial charge in [0.2, 0.25) is 0 Å². The fraction of sp³-hybridized carbons (Fsp3) is 0.0667. The van der Waals surface area contributed by atoms with E-state index in [4.69, 9.17) is 0 Å². The molecule has 0 saturated carbocycles. The van der Waals surface area contributed by atoms with Crippen LogP contribution in [0.15, 0.2) is 60.2 Å². The van der Waals surface area contributed by atoms with Crippen molar-refractivity contribution in [2.45, 2.75) is 0 Å². The van der Waals surface area contributed by atoms with Crippen molar-refractivity contribution in [1.29, 1.82) is 0 Å². The summed E-state index contributed by atoms with van der Waals surface area (Å²) in [6.07, 6.45) is 3.49. The zero-order valence-corrected chi connectivity index (χ0v) is 11.5. The van der Waals surface area contributed by atoms with Gasteiger partial charge in [0.05, 0.1) is 5.00 Å². The molecule has 0 N–H and O–H groups in total. The Balaban J connectivity index is 1.81. The van der Waals surface area contributed by atoms with Crippen molar-refractivity contribution in [1.82, 2.24) is 9.97 Å². The molecule has 98 valence electrons. The van der Waals surface area contributed by atoms with Crippen LogP contribution in [0, 0.1) is 0 Å². The van der Waals surface area contributed by atoms with E-state index >= 15 is 0 Å². The molecule has 3 heterocycles. The molecule has 1 aliphatic heterocycles. The molecule has 0 aliphatic carbocycles. The number of hydrogen-bond donors (Lipinski definition) is 0. The minimum absolute atomic E-state index is 0.740. The average molecular weight is 280 g/mol. The minimum atomic E-state index is 0.740. The summed E-state index contributed by atoms with van der Waals surface area (Å²) in [5.74, 6) is 1.82. The first kappa shape index (κ1) is 11.4. The fourth-order valence-electron chi connectivity index (χ4n) is 2.39. The lowest BCUT2D eigenvalue weighted by Gasteiger charge is -2.19. The highest BCUT2D eigenvalue weighted by Crippen LogP contribution is 2.42. The molecule has 0 saturated heterocycles. The summed E-state index contributed by atoms with van der Waals surface area (Å²) in [5.41, 5.74) is 1.13. The van der Waals surface area contributed by atoms with Crippen LogP contribution in [0.3, 0.4) is 0 Å². The number of fused-ring (bicyclic) bond motifs is 1. The first-order valence-electron chi connectivity index (χ1n) is 6.38. The van der Waals surface area contributed by atoms with E-state index in [0.29, 0.717) is 0 Å². The molecular formula is C15H12N4S. The van der Waals surface area contributed by atoms with Crippen LogP contribution in [-0.2, 0) is 0 Å². The van der Waals surface area contributed by atoms with E-state index in [0.717, 1.165) is 24.0 Å². The number of anilines is 4. The van der Waals surface area contributed by atoms with E-state index in [-0.39, 0.29) is 0 Å². The number of rotatable bonds is 2. The maximum atomic E-state index is 4.50. The normalized spacial score (nSPS) is 13.6. The van der Waals surface area contributed by atoms with Gasteiger partial charge in [-0.25, -0.2) is 9.97 Å². The molecule has 3 aromatic rings. The highest BCUT2D eigenvalue weighted by atomic mass is 32.1. The maximum Gasteiger partial charge on any atom is 0.179 e. The third-order valence-electron chi connectivity index (χ3n) is 3.29. The minimum Gasteiger partial charge on any atom is -0.305 e. The lowest BCUT2D eigenvalue weighted by molar-refractivity contribution is 0.985. The van der Waals surface area contributed by atoms with E-state index in [9.17, 15) is 0 Å². The zero-order chi connectivity index (χ0) is 13.4. The topological polar surface area (TPSA) is 32.3 Å². The lowest BCUT2D eigenvalue weighted by Crippen LogP contribution is -2.23. The standard InChI is InChI=1S/C15H12N4S/c1-2-5-12(6-3-1)18-11-19(13-7-4-10-20-13)15-14(18)16-8-9-17-15/h1-10H,11H2. The van der Waals surface area contributed by atoms with Crippen molar-refractivity contribution < 1.29 is 0 Å². The molecule has 0 amide bonds. The second kappa shape index (κ2) is 4.61. The van der Waals surface area contributed by atoms with Crippen molar-refractivity contribution in [3.8, 4) is 0 Å². The number of thiophene rings is 1. The Labute approximate surface area is 121 Å². The van der Waals surface area contributed by atoms with Crippen molar-refractivity contribution >= 4 is 33.7 Å². The zero-order valence-electron chi connectivity index (χ0n) is 10.7. The van der Waals surface area contributed by atoms with E-state index in [1.54, 1.807) is 23.7 Å². The predicted molar refractivity (Wildman–Crippen MR) is 81.9 cm³/mol. The van der Waals surface area contributed by atoms with Crippen LogP contribution >= 0.6 is 11.3 Å².